The van der Waals surface area contributed by atoms with Gasteiger partial charge >= 0.3 is 0 Å². The molecular formula is C12H11Br. The van der Waals surface area contributed by atoms with Crippen LogP contribution in [-0.2, 0) is 0 Å². The van der Waals surface area contributed by atoms with Crippen molar-refractivity contribution >= 4 is 21.5 Å². The second kappa shape index (κ2) is 4.89. The number of hydrogen-bond acceptors (Lipinski definition) is 0. The maximum absolute atomic E-state index is 3.87. The summed E-state index contributed by atoms with van der Waals surface area (Å²) in [5.74, 6) is 5.99. The molecule has 0 unspecified atom stereocenters. The predicted octanol–water partition coefficient (Wildman–Crippen LogP) is 3.47. The van der Waals surface area contributed by atoms with Crippen LogP contribution in [0.2, 0.25) is 0 Å². The van der Waals surface area contributed by atoms with Crippen LogP contribution >= 0.6 is 15.9 Å². The van der Waals surface area contributed by atoms with Crippen LogP contribution in [0.1, 0.15) is 18.1 Å². The minimum absolute atomic E-state index is 0.717. The molecule has 0 heterocycles. The summed E-state index contributed by atoms with van der Waals surface area (Å²) in [7, 11) is 0. The van der Waals surface area contributed by atoms with Crippen molar-refractivity contribution in [2.45, 2.75) is 6.92 Å². The first-order chi connectivity index (χ1) is 6.24. The van der Waals surface area contributed by atoms with Crippen LogP contribution < -0.4 is 0 Å². The van der Waals surface area contributed by atoms with Gasteiger partial charge in [0.25, 0.3) is 0 Å². The molecule has 66 valence electrons. The summed E-state index contributed by atoms with van der Waals surface area (Å²) in [6.45, 7) is 5.87. The van der Waals surface area contributed by atoms with E-state index in [9.17, 15) is 0 Å². The van der Waals surface area contributed by atoms with Crippen LogP contribution in [0.25, 0.3) is 5.57 Å². The fourth-order valence-corrected chi connectivity index (χ4v) is 1.11. The molecule has 0 bridgehead atoms. The van der Waals surface area contributed by atoms with Gasteiger partial charge in [0, 0.05) is 5.56 Å². The van der Waals surface area contributed by atoms with Gasteiger partial charge in [-0.3, -0.25) is 0 Å². The Kier molecular flexibility index (Phi) is 3.79. The van der Waals surface area contributed by atoms with E-state index in [-0.39, 0.29) is 0 Å². The number of allylic oxidation sites excluding steroid dienone is 1. The smallest absolute Gasteiger partial charge is 0.0649 e. The highest BCUT2D eigenvalue weighted by Crippen LogP contribution is 2.11. The maximum Gasteiger partial charge on any atom is 0.0649 e. The van der Waals surface area contributed by atoms with Crippen molar-refractivity contribution in [3.8, 4) is 11.8 Å². The van der Waals surface area contributed by atoms with Gasteiger partial charge in [-0.2, -0.15) is 0 Å². The molecule has 0 saturated heterocycles. The van der Waals surface area contributed by atoms with Crippen LogP contribution in [-0.4, -0.2) is 5.33 Å². The average molecular weight is 235 g/mol. The highest BCUT2D eigenvalue weighted by molar-refractivity contribution is 9.09. The van der Waals surface area contributed by atoms with Crippen molar-refractivity contribution in [3.05, 3.63) is 42.0 Å². The lowest BCUT2D eigenvalue weighted by Gasteiger charge is -1.98. The van der Waals surface area contributed by atoms with Gasteiger partial charge in [-0.25, -0.2) is 0 Å². The van der Waals surface area contributed by atoms with Gasteiger partial charge in [-0.05, 0) is 24.6 Å². The van der Waals surface area contributed by atoms with Crippen molar-refractivity contribution in [2.24, 2.45) is 0 Å². The number of rotatable bonds is 1. The van der Waals surface area contributed by atoms with E-state index in [1.807, 2.05) is 31.2 Å². The van der Waals surface area contributed by atoms with Crippen molar-refractivity contribution in [3.63, 3.8) is 0 Å². The molecule has 1 rings (SSSR count). The number of hydrogen-bond donors (Lipinski definition) is 0. The second-order valence-electron chi connectivity index (χ2n) is 2.79. The van der Waals surface area contributed by atoms with E-state index in [2.05, 4.69) is 34.3 Å². The van der Waals surface area contributed by atoms with Crippen molar-refractivity contribution in [1.82, 2.24) is 0 Å². The molecule has 1 aromatic carbocycles. The molecule has 0 aliphatic rings. The lowest BCUT2D eigenvalue weighted by atomic mass is 10.1. The Hall–Kier alpha value is -1.00. The highest BCUT2D eigenvalue weighted by atomic mass is 79.9. The summed E-state index contributed by atoms with van der Waals surface area (Å²) in [5, 5.41) is 0.717. The summed E-state index contributed by atoms with van der Waals surface area (Å²) in [5.41, 5.74) is 3.30. The Labute approximate surface area is 87.8 Å². The molecule has 0 amide bonds. The van der Waals surface area contributed by atoms with E-state index in [1.54, 1.807) is 0 Å². The molecule has 0 aliphatic heterocycles. The van der Waals surface area contributed by atoms with Gasteiger partial charge < -0.3 is 0 Å². The van der Waals surface area contributed by atoms with Crippen LogP contribution in [0.5, 0.6) is 0 Å². The minimum atomic E-state index is 0.717. The first-order valence-corrected chi connectivity index (χ1v) is 5.17. The van der Waals surface area contributed by atoms with Gasteiger partial charge in [-0.15, -0.1) is 0 Å². The fraction of sp³-hybridized carbons (Fsp3) is 0.167. The van der Waals surface area contributed by atoms with E-state index >= 15 is 0 Å². The van der Waals surface area contributed by atoms with Gasteiger partial charge in [0.15, 0.2) is 0 Å². The van der Waals surface area contributed by atoms with Gasteiger partial charge in [0.1, 0.15) is 0 Å². The number of halogens is 1. The van der Waals surface area contributed by atoms with E-state index in [1.165, 1.54) is 5.56 Å². The maximum atomic E-state index is 3.87. The normalized spacial score (nSPS) is 8.77. The van der Waals surface area contributed by atoms with E-state index in [0.29, 0.717) is 0 Å². The SMILES string of the molecule is C=C(C)c1ccc(C#CCBr)cc1. The molecule has 0 spiro atoms. The largest absolute Gasteiger partial charge is 0.0955 e. The van der Waals surface area contributed by atoms with Gasteiger partial charge in [-0.1, -0.05) is 52.1 Å². The van der Waals surface area contributed by atoms with Crippen LogP contribution in [0.15, 0.2) is 30.8 Å². The number of alkyl halides is 1. The summed E-state index contributed by atoms with van der Waals surface area (Å²) < 4.78 is 0. The third-order valence-corrected chi connectivity index (χ3v) is 1.96. The molecule has 1 aromatic rings. The monoisotopic (exact) mass is 234 g/mol. The topological polar surface area (TPSA) is 0 Å². The van der Waals surface area contributed by atoms with Crippen molar-refractivity contribution in [1.29, 1.82) is 0 Å². The van der Waals surface area contributed by atoms with E-state index in [0.717, 1.165) is 16.5 Å². The molecule has 0 N–H and O–H groups in total. The third-order valence-electron chi connectivity index (χ3n) is 1.68. The molecule has 1 heteroatoms. The van der Waals surface area contributed by atoms with Gasteiger partial charge in [0.05, 0.1) is 5.33 Å². The zero-order valence-electron chi connectivity index (χ0n) is 7.60. The van der Waals surface area contributed by atoms with Gasteiger partial charge in [0.2, 0.25) is 0 Å². The zero-order valence-corrected chi connectivity index (χ0v) is 9.19. The Balaban J connectivity index is 2.87. The standard InChI is InChI=1S/C12H11Br/c1-10(2)12-7-5-11(6-8-12)4-3-9-13/h5-8H,1,9H2,2H3. The Morgan fingerprint density at radius 2 is 2.00 bits per heavy atom. The van der Waals surface area contributed by atoms with Crippen molar-refractivity contribution in [2.75, 3.05) is 5.33 Å². The molecule has 0 saturated carbocycles. The van der Waals surface area contributed by atoms with Crippen LogP contribution in [0.3, 0.4) is 0 Å². The Bertz CT molecular complexity index is 349. The molecule has 0 nitrogen and oxygen atoms in total. The molecular weight excluding hydrogens is 224 g/mol. The summed E-state index contributed by atoms with van der Waals surface area (Å²) in [6, 6.07) is 8.11. The fourth-order valence-electron chi connectivity index (χ4n) is 0.974. The molecule has 13 heavy (non-hydrogen) atoms. The molecule has 0 fully saturated rings. The number of benzene rings is 1. The second-order valence-corrected chi connectivity index (χ2v) is 3.35. The molecule has 0 atom stereocenters. The quantitative estimate of drug-likeness (QED) is 0.516. The van der Waals surface area contributed by atoms with Crippen molar-refractivity contribution < 1.29 is 0 Å². The molecule has 0 aromatic heterocycles. The van der Waals surface area contributed by atoms with E-state index in [4.69, 9.17) is 0 Å². The first kappa shape index (κ1) is 10.1. The molecule has 0 aliphatic carbocycles. The highest BCUT2D eigenvalue weighted by Gasteiger charge is 1.91. The Morgan fingerprint density at radius 3 is 2.46 bits per heavy atom. The first-order valence-electron chi connectivity index (χ1n) is 4.05. The molecule has 0 radical (unpaired) electrons. The van der Waals surface area contributed by atoms with E-state index < -0.39 is 0 Å². The Morgan fingerprint density at radius 1 is 1.38 bits per heavy atom. The summed E-state index contributed by atoms with van der Waals surface area (Å²) in [6.07, 6.45) is 0. The third kappa shape index (κ3) is 3.08. The lowest BCUT2D eigenvalue weighted by Crippen LogP contribution is -1.79. The minimum Gasteiger partial charge on any atom is -0.0955 e. The van der Waals surface area contributed by atoms with Crippen LogP contribution in [0.4, 0.5) is 0 Å². The zero-order chi connectivity index (χ0) is 9.68. The van der Waals surface area contributed by atoms with Crippen LogP contribution in [0, 0.1) is 11.8 Å². The average Bonchev–Trinajstić information content (AvgIpc) is 2.15. The summed E-state index contributed by atoms with van der Waals surface area (Å²) in [4.78, 5) is 0. The lowest BCUT2D eigenvalue weighted by molar-refractivity contribution is 1.55. The predicted molar refractivity (Wildman–Crippen MR) is 61.8 cm³/mol. The summed E-state index contributed by atoms with van der Waals surface area (Å²) >= 11 is 3.26.